The number of fused-ring (bicyclic) bond motifs is 1. The largest absolute Gasteiger partial charge is 0.478 e. The van der Waals surface area contributed by atoms with E-state index in [2.05, 4.69) is 5.32 Å². The molecule has 1 heterocycles. The molecule has 2 N–H and O–H groups in total. The van der Waals surface area contributed by atoms with Gasteiger partial charge in [0, 0.05) is 22.8 Å². The van der Waals surface area contributed by atoms with E-state index in [4.69, 9.17) is 5.11 Å². The van der Waals surface area contributed by atoms with E-state index in [1.807, 2.05) is 73.0 Å². The molecule has 0 aliphatic rings. The fourth-order valence-corrected chi connectivity index (χ4v) is 3.85. The Morgan fingerprint density at radius 3 is 2.33 bits per heavy atom. The number of amides is 1. The molecule has 6 heteroatoms. The number of nitrogens with one attached hydrogen (secondary N) is 1. The van der Waals surface area contributed by atoms with Gasteiger partial charge in [-0.2, -0.15) is 5.26 Å². The summed E-state index contributed by atoms with van der Waals surface area (Å²) in [5.41, 5.74) is 4.08. The highest BCUT2D eigenvalue weighted by Crippen LogP contribution is 2.24. The lowest BCUT2D eigenvalue weighted by atomic mass is 10.1. The monoisotopic (exact) mass is 435 g/mol. The average molecular weight is 435 g/mol. The molecular weight excluding hydrogens is 414 g/mol. The fraction of sp³-hybridized carbons (Fsp3) is 0.0741. The van der Waals surface area contributed by atoms with Crippen molar-refractivity contribution in [1.82, 2.24) is 4.57 Å². The zero-order valence-corrected chi connectivity index (χ0v) is 18.2. The number of hydrogen-bond donors (Lipinski definition) is 2. The summed E-state index contributed by atoms with van der Waals surface area (Å²) in [4.78, 5) is 23.9. The van der Waals surface area contributed by atoms with Gasteiger partial charge in [0.2, 0.25) is 0 Å². The number of carbonyl (C=O) groups excluding carboxylic acids is 1. The minimum absolute atomic E-state index is 0.00960. The number of rotatable bonds is 5. The van der Waals surface area contributed by atoms with Gasteiger partial charge in [0.25, 0.3) is 5.91 Å². The van der Waals surface area contributed by atoms with Crippen LogP contribution in [0, 0.1) is 25.2 Å². The van der Waals surface area contributed by atoms with Gasteiger partial charge in [-0.15, -0.1) is 0 Å². The van der Waals surface area contributed by atoms with Crippen molar-refractivity contribution in [3.05, 3.63) is 101 Å². The minimum Gasteiger partial charge on any atom is -0.478 e. The first kappa shape index (κ1) is 21.6. The smallest absolute Gasteiger partial charge is 0.335 e. The van der Waals surface area contributed by atoms with Crippen LogP contribution in [0.5, 0.6) is 0 Å². The van der Waals surface area contributed by atoms with Crippen LogP contribution in [0.1, 0.15) is 27.3 Å². The maximum Gasteiger partial charge on any atom is 0.335 e. The molecule has 0 saturated heterocycles. The van der Waals surface area contributed by atoms with Gasteiger partial charge in [-0.1, -0.05) is 30.3 Å². The normalized spacial score (nSPS) is 11.2. The Morgan fingerprint density at radius 1 is 0.970 bits per heavy atom. The molecule has 4 aromatic rings. The second-order valence-corrected chi connectivity index (χ2v) is 7.70. The third kappa shape index (κ3) is 4.39. The van der Waals surface area contributed by atoms with E-state index >= 15 is 0 Å². The van der Waals surface area contributed by atoms with Crippen LogP contribution in [0.4, 0.5) is 5.69 Å². The second kappa shape index (κ2) is 8.85. The number of carbonyl (C=O) groups is 2. The van der Waals surface area contributed by atoms with E-state index in [9.17, 15) is 14.9 Å². The maximum atomic E-state index is 12.8. The third-order valence-electron chi connectivity index (χ3n) is 5.51. The highest BCUT2D eigenvalue weighted by Gasteiger charge is 2.15. The number of nitrogens with zero attached hydrogens (tertiary/aromatic N) is 2. The van der Waals surface area contributed by atoms with Crippen molar-refractivity contribution >= 4 is 34.4 Å². The zero-order chi connectivity index (χ0) is 23.5. The van der Waals surface area contributed by atoms with Crippen molar-refractivity contribution in [2.45, 2.75) is 13.8 Å². The molecule has 0 aliphatic heterocycles. The molecule has 0 aliphatic carbocycles. The summed E-state index contributed by atoms with van der Waals surface area (Å²) < 4.78 is 1.95. The maximum absolute atomic E-state index is 12.8. The quantitative estimate of drug-likeness (QED) is 0.320. The topological polar surface area (TPSA) is 95.1 Å². The summed E-state index contributed by atoms with van der Waals surface area (Å²) in [5, 5.41) is 23.6. The van der Waals surface area contributed by atoms with E-state index in [1.54, 1.807) is 30.3 Å². The van der Waals surface area contributed by atoms with Crippen molar-refractivity contribution in [3.63, 3.8) is 0 Å². The number of hydrogen-bond acceptors (Lipinski definition) is 3. The van der Waals surface area contributed by atoms with Crippen LogP contribution in [0.25, 0.3) is 22.5 Å². The Bertz CT molecular complexity index is 1450. The molecule has 1 amide bonds. The van der Waals surface area contributed by atoms with E-state index in [1.165, 1.54) is 0 Å². The molecule has 0 atom stereocenters. The molecule has 0 fully saturated rings. The highest BCUT2D eigenvalue weighted by molar-refractivity contribution is 6.10. The van der Waals surface area contributed by atoms with E-state index < -0.39 is 11.9 Å². The number of carboxylic acid groups (broad SMARTS) is 1. The fourth-order valence-electron chi connectivity index (χ4n) is 3.85. The summed E-state index contributed by atoms with van der Waals surface area (Å²) in [6.45, 7) is 3.80. The SMILES string of the molecule is Cc1cc(/C=C(/C#N)C(=O)Nc2ccc3ccccc3c2)c(C)n1-c1ccc(C(=O)O)cc1. The molecule has 0 spiro atoms. The first-order chi connectivity index (χ1) is 15.9. The molecule has 1 aromatic heterocycles. The Balaban J connectivity index is 1.62. The molecule has 0 unspecified atom stereocenters. The van der Waals surface area contributed by atoms with Gasteiger partial charge < -0.3 is 15.0 Å². The second-order valence-electron chi connectivity index (χ2n) is 7.70. The van der Waals surface area contributed by atoms with E-state index in [0.717, 1.165) is 33.4 Å². The van der Waals surface area contributed by atoms with Crippen molar-refractivity contribution in [2.75, 3.05) is 5.32 Å². The lowest BCUT2D eigenvalue weighted by Gasteiger charge is -2.10. The van der Waals surface area contributed by atoms with Crippen LogP contribution in [-0.2, 0) is 4.79 Å². The Hall–Kier alpha value is -4.63. The molecule has 4 rings (SSSR count). The van der Waals surface area contributed by atoms with Gasteiger partial charge in [-0.3, -0.25) is 4.79 Å². The molecular formula is C27H21N3O3. The summed E-state index contributed by atoms with van der Waals surface area (Å²) in [7, 11) is 0. The predicted octanol–water partition coefficient (Wildman–Crippen LogP) is 5.49. The van der Waals surface area contributed by atoms with Crippen molar-refractivity contribution < 1.29 is 14.7 Å². The van der Waals surface area contributed by atoms with Crippen molar-refractivity contribution in [1.29, 1.82) is 5.26 Å². The lowest BCUT2D eigenvalue weighted by Crippen LogP contribution is -2.13. The Labute approximate surface area is 191 Å². The number of aromatic nitrogens is 1. The molecule has 0 bridgehead atoms. The van der Waals surface area contributed by atoms with Gasteiger partial charge in [0.05, 0.1) is 5.56 Å². The summed E-state index contributed by atoms with van der Waals surface area (Å²) in [5.74, 6) is -1.47. The number of benzene rings is 3. The molecule has 33 heavy (non-hydrogen) atoms. The first-order valence-corrected chi connectivity index (χ1v) is 10.3. The molecule has 0 radical (unpaired) electrons. The standard InChI is InChI=1S/C27H21N3O3/c1-17-13-22(18(2)30(17)25-11-8-20(9-12-25)27(32)33)14-23(16-28)26(31)29-24-10-7-19-5-3-4-6-21(19)15-24/h3-15H,1-2H3,(H,29,31)(H,32,33)/b23-14-. The van der Waals surface area contributed by atoms with Crippen LogP contribution in [0.2, 0.25) is 0 Å². The van der Waals surface area contributed by atoms with Gasteiger partial charge in [-0.05, 0) is 78.7 Å². The number of aromatic carboxylic acids is 1. The number of carboxylic acids is 1. The van der Waals surface area contributed by atoms with Crippen LogP contribution in [-0.4, -0.2) is 21.6 Å². The van der Waals surface area contributed by atoms with E-state index in [-0.39, 0.29) is 11.1 Å². The average Bonchev–Trinajstić information content (AvgIpc) is 3.09. The van der Waals surface area contributed by atoms with Crippen LogP contribution >= 0.6 is 0 Å². The summed E-state index contributed by atoms with van der Waals surface area (Å²) in [6, 6.07) is 23.9. The Morgan fingerprint density at radius 2 is 1.67 bits per heavy atom. The van der Waals surface area contributed by atoms with Crippen LogP contribution in [0.15, 0.2) is 78.4 Å². The van der Waals surface area contributed by atoms with Gasteiger partial charge >= 0.3 is 5.97 Å². The third-order valence-corrected chi connectivity index (χ3v) is 5.51. The van der Waals surface area contributed by atoms with Gasteiger partial charge in [0.1, 0.15) is 11.6 Å². The van der Waals surface area contributed by atoms with Crippen molar-refractivity contribution in [2.24, 2.45) is 0 Å². The minimum atomic E-state index is -0.984. The lowest BCUT2D eigenvalue weighted by molar-refractivity contribution is -0.112. The summed E-state index contributed by atoms with van der Waals surface area (Å²) in [6.07, 6.45) is 1.57. The van der Waals surface area contributed by atoms with Crippen LogP contribution in [0.3, 0.4) is 0 Å². The highest BCUT2D eigenvalue weighted by atomic mass is 16.4. The first-order valence-electron chi connectivity index (χ1n) is 10.3. The molecule has 0 saturated carbocycles. The van der Waals surface area contributed by atoms with Crippen molar-refractivity contribution in [3.8, 4) is 11.8 Å². The predicted molar refractivity (Wildman–Crippen MR) is 128 cm³/mol. The number of anilines is 1. The molecule has 3 aromatic carbocycles. The number of nitriles is 1. The Kier molecular flexibility index (Phi) is 5.79. The summed E-state index contributed by atoms with van der Waals surface area (Å²) >= 11 is 0. The van der Waals surface area contributed by atoms with Crippen LogP contribution < -0.4 is 5.32 Å². The number of aryl methyl sites for hydroxylation is 1. The van der Waals surface area contributed by atoms with Gasteiger partial charge in [-0.25, -0.2) is 4.79 Å². The molecule has 162 valence electrons. The van der Waals surface area contributed by atoms with Gasteiger partial charge in [0.15, 0.2) is 0 Å². The van der Waals surface area contributed by atoms with E-state index in [0.29, 0.717) is 5.69 Å². The molecule has 6 nitrogen and oxygen atoms in total. The zero-order valence-electron chi connectivity index (χ0n) is 18.2.